The summed E-state index contributed by atoms with van der Waals surface area (Å²) in [6, 6.07) is 5.06. The van der Waals surface area contributed by atoms with Crippen molar-refractivity contribution >= 4 is 23.4 Å². The monoisotopic (exact) mass is 507 g/mol. The number of unbranched alkanes of at least 4 members (excludes halogenated alkanes) is 1. The molecule has 1 spiro atoms. The number of aryl methyl sites for hydroxylation is 2. The normalized spacial score (nSPS) is 30.9. The van der Waals surface area contributed by atoms with Gasteiger partial charge >= 0.3 is 0 Å². The van der Waals surface area contributed by atoms with Gasteiger partial charge in [-0.25, -0.2) is 0 Å². The fourth-order valence-electron chi connectivity index (χ4n) is 6.73. The zero-order valence-electron chi connectivity index (χ0n) is 21.9. The number of fused-ring (bicyclic) bond motifs is 2. The van der Waals surface area contributed by atoms with Crippen LogP contribution in [0.5, 0.6) is 0 Å². The lowest BCUT2D eigenvalue weighted by molar-refractivity contribution is -0.144. The third-order valence-corrected chi connectivity index (χ3v) is 8.25. The van der Waals surface area contributed by atoms with Gasteiger partial charge in [-0.1, -0.05) is 49.4 Å². The Morgan fingerprint density at radius 1 is 1.00 bits per heavy atom. The minimum Gasteiger partial charge on any atom is -0.396 e. The topological polar surface area (TPSA) is 90.4 Å². The first kappa shape index (κ1) is 25.7. The summed E-state index contributed by atoms with van der Waals surface area (Å²) >= 11 is 0. The van der Waals surface area contributed by atoms with Crippen molar-refractivity contribution in [3.8, 4) is 0 Å². The van der Waals surface area contributed by atoms with Crippen LogP contribution in [-0.2, 0) is 19.1 Å². The van der Waals surface area contributed by atoms with Gasteiger partial charge in [0.2, 0.25) is 11.8 Å². The Morgan fingerprint density at radius 3 is 2.46 bits per heavy atom. The summed E-state index contributed by atoms with van der Waals surface area (Å²) in [7, 11) is 0. The molecule has 3 amide bonds. The maximum Gasteiger partial charge on any atom is 0.253 e. The summed E-state index contributed by atoms with van der Waals surface area (Å²) in [5.41, 5.74) is 1.59. The van der Waals surface area contributed by atoms with Gasteiger partial charge in [0.15, 0.2) is 0 Å². The number of anilines is 1. The smallest absolute Gasteiger partial charge is 0.253 e. The molecule has 1 N–H and O–H groups in total. The number of hydrogen-bond donors (Lipinski definition) is 1. The molecule has 1 aromatic rings. The van der Waals surface area contributed by atoms with Gasteiger partial charge in [0.05, 0.1) is 17.9 Å². The molecule has 0 saturated carbocycles. The molecule has 5 rings (SSSR count). The number of aliphatic hydroxyl groups is 1. The van der Waals surface area contributed by atoms with Crippen molar-refractivity contribution in [1.29, 1.82) is 0 Å². The number of nitrogens with zero attached hydrogens (tertiary/aromatic N) is 3. The Balaban J connectivity index is 1.60. The van der Waals surface area contributed by atoms with Crippen molar-refractivity contribution in [2.24, 2.45) is 11.8 Å². The van der Waals surface area contributed by atoms with E-state index in [4.69, 9.17) is 4.74 Å². The summed E-state index contributed by atoms with van der Waals surface area (Å²) in [6.07, 6.45) is 9.00. The molecule has 5 atom stereocenters. The molecule has 2 fully saturated rings. The van der Waals surface area contributed by atoms with E-state index in [0.29, 0.717) is 39.0 Å². The molecule has 4 aliphatic heterocycles. The molecular weight excluding hydrogens is 470 g/mol. The Hall–Kier alpha value is -2.97. The first-order valence-electron chi connectivity index (χ1n) is 13.5. The molecule has 4 heterocycles. The highest BCUT2D eigenvalue weighted by Gasteiger charge is 2.71. The van der Waals surface area contributed by atoms with E-state index >= 15 is 0 Å². The van der Waals surface area contributed by atoms with Crippen molar-refractivity contribution in [3.05, 3.63) is 53.6 Å². The Labute approximate surface area is 218 Å². The number of aliphatic hydroxyl groups excluding tert-OH is 1. The highest BCUT2D eigenvalue weighted by atomic mass is 16.5. The second-order valence-corrected chi connectivity index (χ2v) is 10.6. The van der Waals surface area contributed by atoms with Crippen LogP contribution in [0.3, 0.4) is 0 Å². The summed E-state index contributed by atoms with van der Waals surface area (Å²) in [5.74, 6) is -1.94. The first-order valence-corrected chi connectivity index (χ1v) is 13.5. The average molecular weight is 508 g/mol. The summed E-state index contributed by atoms with van der Waals surface area (Å²) in [6.45, 7) is 7.80. The maximum absolute atomic E-state index is 14.4. The zero-order chi connectivity index (χ0) is 26.3. The quantitative estimate of drug-likeness (QED) is 0.452. The van der Waals surface area contributed by atoms with Crippen LogP contribution in [0.1, 0.15) is 37.3 Å². The number of amides is 3. The molecule has 37 heavy (non-hydrogen) atoms. The van der Waals surface area contributed by atoms with E-state index in [2.05, 4.69) is 0 Å². The lowest BCUT2D eigenvalue weighted by Gasteiger charge is -2.36. The average Bonchev–Trinajstić information content (AvgIpc) is 3.18. The molecule has 0 bridgehead atoms. The van der Waals surface area contributed by atoms with Crippen LogP contribution >= 0.6 is 0 Å². The first-order chi connectivity index (χ1) is 17.9. The largest absolute Gasteiger partial charge is 0.396 e. The fourth-order valence-corrected chi connectivity index (χ4v) is 6.73. The number of likely N-dealkylation sites (tertiary alicyclic amines) is 1. The van der Waals surface area contributed by atoms with Crippen LogP contribution in [0.2, 0.25) is 0 Å². The van der Waals surface area contributed by atoms with Crippen molar-refractivity contribution < 1.29 is 24.2 Å². The summed E-state index contributed by atoms with van der Waals surface area (Å²) in [5, 5.41) is 9.38. The van der Waals surface area contributed by atoms with Gasteiger partial charge in [-0.3, -0.25) is 14.4 Å². The summed E-state index contributed by atoms with van der Waals surface area (Å²) in [4.78, 5) is 47.5. The molecule has 1 unspecified atom stereocenters. The van der Waals surface area contributed by atoms with Crippen LogP contribution in [0.15, 0.2) is 42.5 Å². The SMILES string of the molecule is CCCN1CC=C[C@H]2O[C@]34C=CCN(c5c(C)cccc5C)C(=O)C3N(CCCCO)C(=O)[C@@H]4[C@H]2C1=O. The minimum absolute atomic E-state index is 0.0140. The van der Waals surface area contributed by atoms with E-state index in [1.807, 2.05) is 63.3 Å². The number of rotatable bonds is 7. The lowest BCUT2D eigenvalue weighted by Crippen LogP contribution is -2.55. The molecule has 4 aliphatic rings. The standard InChI is InChI=1S/C29H37N3O5/c1-4-14-30-15-8-12-21-22(26(30)34)23-27(35)32(16-5-6-18-33)25-28(36)31(17-9-13-29(23,25)37-21)24-19(2)10-7-11-20(24)3/h7-13,21-23,25,33H,4-6,14-18H2,1-3H3/t21-,22+,23+,25?,29+/m1/s1. The van der Waals surface area contributed by atoms with Crippen LogP contribution in [0.25, 0.3) is 0 Å². The van der Waals surface area contributed by atoms with Gasteiger partial charge in [0.25, 0.3) is 5.91 Å². The van der Waals surface area contributed by atoms with Crippen molar-refractivity contribution in [2.45, 2.75) is 57.8 Å². The van der Waals surface area contributed by atoms with E-state index in [1.54, 1.807) is 14.7 Å². The van der Waals surface area contributed by atoms with Gasteiger partial charge in [-0.15, -0.1) is 0 Å². The predicted molar refractivity (Wildman–Crippen MR) is 140 cm³/mol. The molecule has 8 heteroatoms. The molecule has 0 aliphatic carbocycles. The molecule has 0 radical (unpaired) electrons. The van der Waals surface area contributed by atoms with Crippen molar-refractivity contribution in [1.82, 2.24) is 9.80 Å². The van der Waals surface area contributed by atoms with Gasteiger partial charge in [0.1, 0.15) is 11.6 Å². The van der Waals surface area contributed by atoms with Gasteiger partial charge < -0.3 is 24.5 Å². The van der Waals surface area contributed by atoms with E-state index in [1.165, 1.54) is 0 Å². The fraction of sp³-hybridized carbons (Fsp3) is 0.552. The van der Waals surface area contributed by atoms with Crippen LogP contribution < -0.4 is 4.90 Å². The van der Waals surface area contributed by atoms with Gasteiger partial charge in [-0.05, 0) is 44.2 Å². The van der Waals surface area contributed by atoms with Crippen molar-refractivity contribution in [3.63, 3.8) is 0 Å². The number of ether oxygens (including phenoxy) is 1. The van der Waals surface area contributed by atoms with E-state index < -0.39 is 29.6 Å². The molecule has 2 saturated heterocycles. The number of carbonyl (C=O) groups excluding carboxylic acids is 3. The zero-order valence-corrected chi connectivity index (χ0v) is 21.9. The van der Waals surface area contributed by atoms with Gasteiger partial charge in [0, 0.05) is 38.5 Å². The number of carbonyl (C=O) groups is 3. The van der Waals surface area contributed by atoms with E-state index in [9.17, 15) is 19.5 Å². The lowest BCUT2D eigenvalue weighted by atomic mass is 9.77. The third-order valence-electron chi connectivity index (χ3n) is 8.25. The third kappa shape index (κ3) is 4.01. The van der Waals surface area contributed by atoms with Crippen molar-refractivity contribution in [2.75, 3.05) is 37.7 Å². The van der Waals surface area contributed by atoms with E-state index in [-0.39, 0.29) is 24.3 Å². The molecule has 198 valence electrons. The second-order valence-electron chi connectivity index (χ2n) is 10.6. The van der Waals surface area contributed by atoms with E-state index in [0.717, 1.165) is 23.2 Å². The maximum atomic E-state index is 14.4. The van der Waals surface area contributed by atoms with Crippen LogP contribution in [0.4, 0.5) is 5.69 Å². The van der Waals surface area contributed by atoms with Gasteiger partial charge in [-0.2, -0.15) is 0 Å². The molecule has 8 nitrogen and oxygen atoms in total. The second kappa shape index (κ2) is 10.1. The Kier molecular flexibility index (Phi) is 6.98. The highest BCUT2D eigenvalue weighted by Crippen LogP contribution is 2.53. The number of hydrogen-bond acceptors (Lipinski definition) is 5. The number of para-hydroxylation sites is 1. The predicted octanol–water partition coefficient (Wildman–Crippen LogP) is 2.37. The minimum atomic E-state index is -1.22. The molecule has 1 aromatic carbocycles. The Bertz CT molecular complexity index is 1130. The highest BCUT2D eigenvalue weighted by molar-refractivity contribution is 6.06. The van der Waals surface area contributed by atoms with Crippen LogP contribution in [-0.4, -0.2) is 83.2 Å². The number of benzene rings is 1. The summed E-state index contributed by atoms with van der Waals surface area (Å²) < 4.78 is 6.68. The molecule has 0 aromatic heterocycles. The molecular formula is C29H37N3O5. The Morgan fingerprint density at radius 2 is 1.76 bits per heavy atom. The van der Waals surface area contributed by atoms with Crippen LogP contribution in [0, 0.1) is 25.7 Å².